The predicted molar refractivity (Wildman–Crippen MR) is 116 cm³/mol. The van der Waals surface area contributed by atoms with Crippen molar-refractivity contribution in [1.29, 1.82) is 0 Å². The average molecular weight is 406 g/mol. The molecule has 3 N–H and O–H groups in total. The molecular weight excluding hydrogens is 380 g/mol. The molecule has 0 unspecified atom stereocenters. The molecule has 3 amide bonds. The topological polar surface area (TPSA) is 101 Å². The monoisotopic (exact) mass is 406 g/mol. The first kappa shape index (κ1) is 21.0. The fourth-order valence-corrected chi connectivity index (χ4v) is 2.85. The van der Waals surface area contributed by atoms with Gasteiger partial charge in [-0.3, -0.25) is 9.78 Å². The Morgan fingerprint density at radius 1 is 1.00 bits per heavy atom. The van der Waals surface area contributed by atoms with Crippen LogP contribution in [0.3, 0.4) is 0 Å². The fourth-order valence-electron chi connectivity index (χ4n) is 2.85. The van der Waals surface area contributed by atoms with Crippen LogP contribution in [0.2, 0.25) is 0 Å². The standard InChI is InChI=1S/C22H26N6O2/c1-22(2,3)19(14-28-12-11-24-15-28)27-21(30)26-18-6-4-5-17(13-18)25-20(29)16-7-9-23-10-8-16/h4-13,15,19H,14H2,1-3H3,(H,25,29)(H2,26,27,30)/t19-/m1/s1. The Labute approximate surface area is 175 Å². The number of hydrogen-bond acceptors (Lipinski definition) is 4. The van der Waals surface area contributed by atoms with E-state index in [-0.39, 0.29) is 23.4 Å². The summed E-state index contributed by atoms with van der Waals surface area (Å²) in [6.07, 6.45) is 8.44. The highest BCUT2D eigenvalue weighted by molar-refractivity contribution is 6.04. The van der Waals surface area contributed by atoms with Gasteiger partial charge >= 0.3 is 6.03 Å². The van der Waals surface area contributed by atoms with Gasteiger partial charge in [-0.1, -0.05) is 26.8 Å². The number of imidazole rings is 1. The summed E-state index contributed by atoms with van der Waals surface area (Å²) >= 11 is 0. The maximum Gasteiger partial charge on any atom is 0.319 e. The predicted octanol–water partition coefficient (Wildman–Crippen LogP) is 3.77. The minimum atomic E-state index is -0.312. The van der Waals surface area contributed by atoms with Crippen LogP contribution < -0.4 is 16.0 Å². The molecule has 0 aliphatic heterocycles. The Hall–Kier alpha value is -3.68. The van der Waals surface area contributed by atoms with Gasteiger partial charge in [0.25, 0.3) is 5.91 Å². The quantitative estimate of drug-likeness (QED) is 0.580. The van der Waals surface area contributed by atoms with Crippen molar-refractivity contribution in [3.05, 3.63) is 73.1 Å². The Kier molecular flexibility index (Phi) is 6.46. The van der Waals surface area contributed by atoms with Crippen molar-refractivity contribution in [3.8, 4) is 0 Å². The van der Waals surface area contributed by atoms with Crippen molar-refractivity contribution < 1.29 is 9.59 Å². The van der Waals surface area contributed by atoms with Gasteiger partial charge in [0.15, 0.2) is 0 Å². The summed E-state index contributed by atoms with van der Waals surface area (Å²) in [5.41, 5.74) is 1.52. The van der Waals surface area contributed by atoms with E-state index in [1.54, 1.807) is 61.3 Å². The third kappa shape index (κ3) is 5.91. The second-order valence-electron chi connectivity index (χ2n) is 8.05. The molecule has 8 nitrogen and oxygen atoms in total. The van der Waals surface area contributed by atoms with E-state index in [2.05, 4.69) is 46.7 Å². The molecule has 30 heavy (non-hydrogen) atoms. The van der Waals surface area contributed by atoms with E-state index in [0.717, 1.165) is 0 Å². The van der Waals surface area contributed by atoms with E-state index in [1.807, 2.05) is 10.8 Å². The SMILES string of the molecule is CC(C)(C)[C@@H](Cn1ccnc1)NC(=O)Nc1cccc(NC(=O)c2ccncc2)c1. The lowest BCUT2D eigenvalue weighted by atomic mass is 9.86. The van der Waals surface area contributed by atoms with Crippen LogP contribution in [0.4, 0.5) is 16.2 Å². The summed E-state index contributed by atoms with van der Waals surface area (Å²) in [6, 6.07) is 9.86. The molecule has 0 radical (unpaired) electrons. The molecule has 0 spiro atoms. The second kappa shape index (κ2) is 9.21. The van der Waals surface area contributed by atoms with Crippen LogP contribution in [0, 0.1) is 5.41 Å². The van der Waals surface area contributed by atoms with Gasteiger partial charge < -0.3 is 20.5 Å². The maximum absolute atomic E-state index is 12.6. The van der Waals surface area contributed by atoms with E-state index in [4.69, 9.17) is 0 Å². The van der Waals surface area contributed by atoms with E-state index in [0.29, 0.717) is 23.5 Å². The lowest BCUT2D eigenvalue weighted by molar-refractivity contribution is 0.102. The first-order valence-electron chi connectivity index (χ1n) is 9.66. The van der Waals surface area contributed by atoms with Crippen molar-refractivity contribution in [2.24, 2.45) is 5.41 Å². The molecule has 0 saturated carbocycles. The van der Waals surface area contributed by atoms with Crippen LogP contribution in [0.1, 0.15) is 31.1 Å². The lowest BCUT2D eigenvalue weighted by Crippen LogP contribution is -2.47. The number of nitrogens with zero attached hydrogens (tertiary/aromatic N) is 3. The van der Waals surface area contributed by atoms with Crippen molar-refractivity contribution in [3.63, 3.8) is 0 Å². The Balaban J connectivity index is 1.63. The number of pyridine rings is 1. The number of amides is 3. The minimum absolute atomic E-state index is 0.110. The van der Waals surface area contributed by atoms with Crippen LogP contribution in [-0.2, 0) is 6.54 Å². The number of benzene rings is 1. The molecule has 156 valence electrons. The largest absolute Gasteiger partial charge is 0.335 e. The summed E-state index contributed by atoms with van der Waals surface area (Å²) in [4.78, 5) is 32.9. The Morgan fingerprint density at radius 3 is 2.33 bits per heavy atom. The summed E-state index contributed by atoms with van der Waals surface area (Å²) in [7, 11) is 0. The third-order valence-electron chi connectivity index (χ3n) is 4.62. The number of hydrogen-bond donors (Lipinski definition) is 3. The fraction of sp³-hybridized carbons (Fsp3) is 0.273. The summed E-state index contributed by atoms with van der Waals surface area (Å²) in [5.74, 6) is -0.243. The molecule has 2 aromatic heterocycles. The van der Waals surface area contributed by atoms with Gasteiger partial charge in [0, 0.05) is 48.3 Å². The number of carbonyl (C=O) groups excluding carboxylic acids is 2. The van der Waals surface area contributed by atoms with Gasteiger partial charge in [-0.15, -0.1) is 0 Å². The molecule has 1 aromatic carbocycles. The highest BCUT2D eigenvalue weighted by atomic mass is 16.2. The van der Waals surface area contributed by atoms with Gasteiger partial charge in [-0.05, 0) is 35.7 Å². The zero-order valence-electron chi connectivity index (χ0n) is 17.3. The zero-order chi connectivity index (χ0) is 21.6. The van der Waals surface area contributed by atoms with Crippen LogP contribution in [0.5, 0.6) is 0 Å². The lowest BCUT2D eigenvalue weighted by Gasteiger charge is -2.31. The first-order chi connectivity index (χ1) is 14.3. The van der Waals surface area contributed by atoms with E-state index < -0.39 is 0 Å². The number of nitrogens with one attached hydrogen (secondary N) is 3. The van der Waals surface area contributed by atoms with Crippen LogP contribution in [-0.4, -0.2) is 32.5 Å². The molecule has 3 aromatic rings. The number of aromatic nitrogens is 3. The van der Waals surface area contributed by atoms with Gasteiger partial charge in [0.1, 0.15) is 0 Å². The van der Waals surface area contributed by atoms with Crippen LogP contribution in [0.15, 0.2) is 67.5 Å². The highest BCUT2D eigenvalue weighted by Gasteiger charge is 2.26. The van der Waals surface area contributed by atoms with Crippen molar-refractivity contribution in [1.82, 2.24) is 19.9 Å². The molecule has 3 rings (SSSR count). The first-order valence-corrected chi connectivity index (χ1v) is 9.66. The number of urea groups is 1. The zero-order valence-corrected chi connectivity index (χ0v) is 17.3. The van der Waals surface area contributed by atoms with E-state index in [9.17, 15) is 9.59 Å². The molecule has 0 saturated heterocycles. The molecule has 0 fully saturated rings. The second-order valence-corrected chi connectivity index (χ2v) is 8.05. The van der Waals surface area contributed by atoms with Crippen molar-refractivity contribution in [2.45, 2.75) is 33.4 Å². The summed E-state index contributed by atoms with van der Waals surface area (Å²) in [6.45, 7) is 6.83. The molecule has 0 aliphatic rings. The van der Waals surface area contributed by atoms with E-state index >= 15 is 0 Å². The van der Waals surface area contributed by atoms with Gasteiger partial charge in [0.05, 0.1) is 12.4 Å². The minimum Gasteiger partial charge on any atom is -0.335 e. The van der Waals surface area contributed by atoms with Crippen molar-refractivity contribution >= 4 is 23.3 Å². The van der Waals surface area contributed by atoms with Gasteiger partial charge in [-0.25, -0.2) is 9.78 Å². The molecular formula is C22H26N6O2. The smallest absolute Gasteiger partial charge is 0.319 e. The Bertz CT molecular complexity index is 980. The van der Waals surface area contributed by atoms with Crippen molar-refractivity contribution in [2.75, 3.05) is 10.6 Å². The molecule has 1 atom stereocenters. The number of rotatable bonds is 6. The highest BCUT2D eigenvalue weighted by Crippen LogP contribution is 2.21. The molecule has 0 bridgehead atoms. The van der Waals surface area contributed by atoms with Crippen LogP contribution in [0.25, 0.3) is 0 Å². The third-order valence-corrected chi connectivity index (χ3v) is 4.62. The summed E-state index contributed by atoms with van der Waals surface area (Å²) < 4.78 is 1.94. The van der Waals surface area contributed by atoms with Crippen LogP contribution >= 0.6 is 0 Å². The molecule has 2 heterocycles. The normalized spacial score (nSPS) is 12.1. The molecule has 8 heteroatoms. The van der Waals surface area contributed by atoms with E-state index in [1.165, 1.54) is 0 Å². The number of carbonyl (C=O) groups is 2. The average Bonchev–Trinajstić information content (AvgIpc) is 3.21. The Morgan fingerprint density at radius 2 is 1.70 bits per heavy atom. The van der Waals surface area contributed by atoms with Gasteiger partial charge in [-0.2, -0.15) is 0 Å². The van der Waals surface area contributed by atoms with Gasteiger partial charge in [0.2, 0.25) is 0 Å². The number of anilines is 2. The summed E-state index contributed by atoms with van der Waals surface area (Å²) in [5, 5.41) is 8.70. The maximum atomic E-state index is 12.6. The molecule has 0 aliphatic carbocycles.